The molecule has 0 aliphatic carbocycles. The minimum absolute atomic E-state index is 0.187. The monoisotopic (exact) mass is 176 g/mol. The molecular weight excluding hydrogens is 160 g/mol. The largest absolute Gasteiger partial charge is 0.342 e. The summed E-state index contributed by atoms with van der Waals surface area (Å²) in [5.74, 6) is -2.90. The second-order valence-electron chi connectivity index (χ2n) is 3.07. The van der Waals surface area contributed by atoms with Crippen molar-refractivity contribution in [3.63, 3.8) is 0 Å². The third-order valence-corrected chi connectivity index (χ3v) is 1.60. The first kappa shape index (κ1) is 11.8. The van der Waals surface area contributed by atoms with Gasteiger partial charge < -0.3 is 15.3 Å². The predicted octanol–water partition coefficient (Wildman–Crippen LogP) is -0.890. The van der Waals surface area contributed by atoms with Gasteiger partial charge in [-0.05, 0) is 26.2 Å². The van der Waals surface area contributed by atoms with E-state index in [2.05, 4.69) is 0 Å². The number of aliphatic hydroxyl groups is 3. The second kappa shape index (κ2) is 4.74. The van der Waals surface area contributed by atoms with E-state index >= 15 is 0 Å². The summed E-state index contributed by atoms with van der Waals surface area (Å²) in [6.45, 7) is 1.73. The first-order chi connectivity index (χ1) is 5.34. The molecule has 0 rings (SSSR count). The maximum atomic E-state index is 8.53. The molecular formula is C7H16N2O3. The molecule has 0 saturated carbocycles. The Kier molecular flexibility index (Phi) is 4.66. The van der Waals surface area contributed by atoms with E-state index in [1.54, 1.807) is 6.92 Å². The van der Waals surface area contributed by atoms with E-state index in [9.17, 15) is 0 Å². The van der Waals surface area contributed by atoms with Crippen molar-refractivity contribution < 1.29 is 15.3 Å². The number of rotatable bonds is 5. The van der Waals surface area contributed by atoms with Gasteiger partial charge in [-0.25, -0.2) is 5.73 Å². The zero-order chi connectivity index (χ0) is 9.78. The van der Waals surface area contributed by atoms with Gasteiger partial charge in [0.2, 0.25) is 0 Å². The van der Waals surface area contributed by atoms with Crippen LogP contribution in [0, 0.1) is 0 Å². The minimum Gasteiger partial charge on any atom is -0.342 e. The highest BCUT2D eigenvalue weighted by Crippen LogP contribution is 2.10. The molecule has 0 saturated heterocycles. The average molecular weight is 176 g/mol. The Balaban J connectivity index is 3.51. The molecule has 0 aromatic heterocycles. The lowest BCUT2D eigenvalue weighted by molar-refractivity contribution is -0.324. The molecule has 0 aliphatic heterocycles. The van der Waals surface area contributed by atoms with Crippen LogP contribution >= 0.6 is 0 Å². The maximum absolute atomic E-state index is 8.53. The first-order valence-electron chi connectivity index (χ1n) is 3.93. The van der Waals surface area contributed by atoms with E-state index in [0.717, 1.165) is 0 Å². The van der Waals surface area contributed by atoms with Crippen molar-refractivity contribution in [2.75, 3.05) is 0 Å². The SMILES string of the molecule is CC([NH])CCCC([NH])C(O)(O)O. The standard InChI is InChI=1S/C7H16N2O3/c1-5(8)3-2-4-6(9)7(10,11)12/h5-6,8-12H,2-4H2,1H3. The normalized spacial score (nSPS) is 17.5. The Labute approximate surface area is 72.0 Å². The van der Waals surface area contributed by atoms with Crippen LogP contribution in [0.15, 0.2) is 0 Å². The van der Waals surface area contributed by atoms with E-state index in [1.165, 1.54) is 0 Å². The Morgan fingerprint density at radius 2 is 1.67 bits per heavy atom. The Bertz CT molecular complexity index is 122. The zero-order valence-electron chi connectivity index (χ0n) is 7.12. The molecule has 0 bridgehead atoms. The Morgan fingerprint density at radius 3 is 2.00 bits per heavy atom. The topological polar surface area (TPSA) is 108 Å². The quantitative estimate of drug-likeness (QED) is 0.473. The van der Waals surface area contributed by atoms with Crippen LogP contribution in [0.1, 0.15) is 26.2 Å². The van der Waals surface area contributed by atoms with Gasteiger partial charge in [-0.1, -0.05) is 0 Å². The van der Waals surface area contributed by atoms with Gasteiger partial charge in [-0.15, -0.1) is 0 Å². The first-order valence-corrected chi connectivity index (χ1v) is 3.93. The van der Waals surface area contributed by atoms with Gasteiger partial charge in [0.15, 0.2) is 0 Å². The van der Waals surface area contributed by atoms with Crippen LogP contribution in [-0.4, -0.2) is 33.4 Å². The molecule has 2 atom stereocenters. The van der Waals surface area contributed by atoms with Crippen LogP contribution in [0.5, 0.6) is 0 Å². The van der Waals surface area contributed by atoms with Gasteiger partial charge in [-0.3, -0.25) is 5.73 Å². The summed E-state index contributed by atoms with van der Waals surface area (Å²) in [5, 5.41) is 25.6. The molecule has 0 spiro atoms. The lowest BCUT2D eigenvalue weighted by atomic mass is 10.1. The summed E-state index contributed by atoms with van der Waals surface area (Å²) in [6.07, 6.45) is 1.33. The zero-order valence-corrected chi connectivity index (χ0v) is 7.12. The fraction of sp³-hybridized carbons (Fsp3) is 1.00. The summed E-state index contributed by atoms with van der Waals surface area (Å²) in [4.78, 5) is 0. The lowest BCUT2D eigenvalue weighted by Crippen LogP contribution is -2.42. The van der Waals surface area contributed by atoms with Gasteiger partial charge in [0.05, 0.1) is 0 Å². The Morgan fingerprint density at radius 1 is 1.17 bits per heavy atom. The van der Waals surface area contributed by atoms with Crippen LogP contribution in [0.4, 0.5) is 0 Å². The average Bonchev–Trinajstić information content (AvgIpc) is 1.84. The van der Waals surface area contributed by atoms with Gasteiger partial charge in [0.25, 0.3) is 5.97 Å². The fourth-order valence-corrected chi connectivity index (χ4v) is 0.822. The molecule has 0 heterocycles. The Hall–Kier alpha value is -0.200. The third-order valence-electron chi connectivity index (χ3n) is 1.60. The molecule has 0 aromatic rings. The number of hydrogen-bond acceptors (Lipinski definition) is 3. The summed E-state index contributed by atoms with van der Waals surface area (Å²) >= 11 is 0. The van der Waals surface area contributed by atoms with Crippen molar-refractivity contribution in [2.45, 2.75) is 44.2 Å². The van der Waals surface area contributed by atoms with E-state index in [1.807, 2.05) is 0 Å². The van der Waals surface area contributed by atoms with E-state index in [-0.39, 0.29) is 12.5 Å². The summed E-state index contributed by atoms with van der Waals surface area (Å²) in [7, 11) is 0. The molecule has 5 nitrogen and oxygen atoms in total. The van der Waals surface area contributed by atoms with Gasteiger partial charge in [-0.2, -0.15) is 0 Å². The van der Waals surface area contributed by atoms with Crippen LogP contribution in [0.3, 0.4) is 0 Å². The highest BCUT2D eigenvalue weighted by molar-refractivity contribution is 4.68. The van der Waals surface area contributed by atoms with Crippen LogP contribution in [0.25, 0.3) is 0 Å². The van der Waals surface area contributed by atoms with Gasteiger partial charge in [0, 0.05) is 6.04 Å². The highest BCUT2D eigenvalue weighted by Gasteiger charge is 2.28. The van der Waals surface area contributed by atoms with E-state index in [4.69, 9.17) is 26.8 Å². The summed E-state index contributed by atoms with van der Waals surface area (Å²) in [5.41, 5.74) is 14.2. The molecule has 12 heavy (non-hydrogen) atoms. The minimum atomic E-state index is -2.90. The van der Waals surface area contributed by atoms with Crippen LogP contribution < -0.4 is 11.5 Å². The predicted molar refractivity (Wildman–Crippen MR) is 42.7 cm³/mol. The number of hydrogen-bond donors (Lipinski definition) is 3. The molecule has 0 aliphatic rings. The van der Waals surface area contributed by atoms with Gasteiger partial charge >= 0.3 is 0 Å². The molecule has 0 aromatic carbocycles. The third kappa shape index (κ3) is 5.45. The molecule has 2 radical (unpaired) electrons. The van der Waals surface area contributed by atoms with Crippen molar-refractivity contribution >= 4 is 0 Å². The molecule has 72 valence electrons. The van der Waals surface area contributed by atoms with Crippen molar-refractivity contribution in [2.24, 2.45) is 0 Å². The van der Waals surface area contributed by atoms with Crippen LogP contribution in [0.2, 0.25) is 0 Å². The van der Waals surface area contributed by atoms with Crippen molar-refractivity contribution in [1.82, 2.24) is 11.5 Å². The van der Waals surface area contributed by atoms with Crippen molar-refractivity contribution in [3.05, 3.63) is 0 Å². The van der Waals surface area contributed by atoms with E-state index in [0.29, 0.717) is 12.8 Å². The maximum Gasteiger partial charge on any atom is 0.293 e. The van der Waals surface area contributed by atoms with E-state index < -0.39 is 12.0 Å². The van der Waals surface area contributed by atoms with Crippen molar-refractivity contribution in [1.29, 1.82) is 0 Å². The second-order valence-corrected chi connectivity index (χ2v) is 3.07. The molecule has 5 N–H and O–H groups in total. The molecule has 2 unspecified atom stereocenters. The number of nitrogens with one attached hydrogen (secondary N) is 2. The van der Waals surface area contributed by atoms with Crippen LogP contribution in [-0.2, 0) is 0 Å². The summed E-state index contributed by atoms with van der Waals surface area (Å²) < 4.78 is 0. The lowest BCUT2D eigenvalue weighted by Gasteiger charge is -2.21. The summed E-state index contributed by atoms with van der Waals surface area (Å²) in [6, 6.07) is -1.51. The molecule has 0 amide bonds. The molecule has 0 fully saturated rings. The van der Waals surface area contributed by atoms with Gasteiger partial charge in [0.1, 0.15) is 6.04 Å². The fourth-order valence-electron chi connectivity index (χ4n) is 0.822. The molecule has 5 heteroatoms. The highest BCUT2D eigenvalue weighted by atomic mass is 16.7. The van der Waals surface area contributed by atoms with Crippen molar-refractivity contribution in [3.8, 4) is 0 Å². The smallest absolute Gasteiger partial charge is 0.293 e.